The Kier molecular flexibility index (Phi) is 3.08. The molecule has 0 bridgehead atoms. The fourth-order valence-corrected chi connectivity index (χ4v) is 2.81. The van der Waals surface area contributed by atoms with Gasteiger partial charge in [0.25, 0.3) is 0 Å². The summed E-state index contributed by atoms with van der Waals surface area (Å²) >= 11 is 1.93. The highest BCUT2D eigenvalue weighted by atomic mass is 127. The zero-order valence-electron chi connectivity index (χ0n) is 9.93. The van der Waals surface area contributed by atoms with Gasteiger partial charge in [-0.1, -0.05) is 0 Å². The Morgan fingerprint density at radius 3 is 2.74 bits per heavy atom. The smallest absolute Gasteiger partial charge is 0.167 e. The molecule has 9 heteroatoms. The molecule has 0 aliphatic carbocycles. The largest absolute Gasteiger partial charge is 0.387 e. The van der Waals surface area contributed by atoms with Crippen LogP contribution in [0.25, 0.3) is 11.2 Å². The van der Waals surface area contributed by atoms with Crippen molar-refractivity contribution in [2.75, 3.05) is 5.73 Å². The standard InChI is InChI=1S/C10H12IN5O3/c1-3-14-8(12)4-9(15-3)16(2-13-4)10-6(18)5(17)7(11)19-10/h2,5-7,10,17-18H,1H3,(H2,12,14,15)/t5?,6-,7?,10?/m1/s1. The van der Waals surface area contributed by atoms with Gasteiger partial charge in [0.1, 0.15) is 27.7 Å². The Bertz CT molecular complexity index is 633. The molecule has 0 aromatic carbocycles. The number of aryl methyl sites for hydroxylation is 1. The second-order valence-electron chi connectivity index (χ2n) is 4.34. The van der Waals surface area contributed by atoms with E-state index in [1.165, 1.54) is 6.33 Å². The van der Waals surface area contributed by atoms with Gasteiger partial charge in [-0.3, -0.25) is 4.57 Å². The molecular weight excluding hydrogens is 365 g/mol. The first-order valence-electron chi connectivity index (χ1n) is 5.61. The van der Waals surface area contributed by atoms with Crippen molar-refractivity contribution in [2.45, 2.75) is 29.5 Å². The topological polar surface area (TPSA) is 119 Å². The molecule has 0 radical (unpaired) electrons. The lowest BCUT2D eigenvalue weighted by Crippen LogP contribution is -2.29. The van der Waals surface area contributed by atoms with E-state index in [0.29, 0.717) is 17.0 Å². The Morgan fingerprint density at radius 2 is 2.11 bits per heavy atom. The molecule has 0 saturated carbocycles. The predicted molar refractivity (Wildman–Crippen MR) is 74.4 cm³/mol. The van der Waals surface area contributed by atoms with Crippen LogP contribution in [0.3, 0.4) is 0 Å². The van der Waals surface area contributed by atoms with Crippen molar-refractivity contribution in [1.29, 1.82) is 0 Å². The summed E-state index contributed by atoms with van der Waals surface area (Å²) < 4.78 is 6.60. The van der Waals surface area contributed by atoms with Gasteiger partial charge < -0.3 is 20.7 Å². The molecular formula is C10H12IN5O3. The van der Waals surface area contributed by atoms with Gasteiger partial charge in [0.15, 0.2) is 17.7 Å². The molecule has 2 aromatic heterocycles. The van der Waals surface area contributed by atoms with Gasteiger partial charge in [-0.2, -0.15) is 0 Å². The molecule has 19 heavy (non-hydrogen) atoms. The van der Waals surface area contributed by atoms with E-state index >= 15 is 0 Å². The van der Waals surface area contributed by atoms with E-state index < -0.39 is 22.5 Å². The lowest BCUT2D eigenvalue weighted by molar-refractivity contribution is -0.0178. The van der Waals surface area contributed by atoms with Gasteiger partial charge in [0, 0.05) is 0 Å². The van der Waals surface area contributed by atoms with Gasteiger partial charge >= 0.3 is 0 Å². The summed E-state index contributed by atoms with van der Waals surface area (Å²) in [5, 5.41) is 19.7. The first kappa shape index (κ1) is 13.0. The van der Waals surface area contributed by atoms with Crippen LogP contribution in [0.15, 0.2) is 6.33 Å². The van der Waals surface area contributed by atoms with Gasteiger partial charge in [-0.05, 0) is 29.5 Å². The van der Waals surface area contributed by atoms with Crippen LogP contribution in [0.5, 0.6) is 0 Å². The fourth-order valence-electron chi connectivity index (χ4n) is 2.09. The molecule has 4 atom stereocenters. The van der Waals surface area contributed by atoms with Crippen LogP contribution in [0.1, 0.15) is 12.1 Å². The molecule has 3 rings (SSSR count). The van der Waals surface area contributed by atoms with Crippen molar-refractivity contribution in [1.82, 2.24) is 19.5 Å². The maximum absolute atomic E-state index is 9.99. The number of hydrogen-bond acceptors (Lipinski definition) is 7. The first-order chi connectivity index (χ1) is 8.99. The molecule has 1 saturated heterocycles. The summed E-state index contributed by atoms with van der Waals surface area (Å²) in [7, 11) is 0. The van der Waals surface area contributed by atoms with E-state index in [9.17, 15) is 10.2 Å². The van der Waals surface area contributed by atoms with Crippen molar-refractivity contribution in [3.8, 4) is 0 Å². The second-order valence-corrected chi connectivity index (χ2v) is 5.57. The average Bonchev–Trinajstić information content (AvgIpc) is 2.86. The van der Waals surface area contributed by atoms with Crippen LogP contribution in [-0.2, 0) is 4.74 Å². The van der Waals surface area contributed by atoms with Crippen molar-refractivity contribution in [3.63, 3.8) is 0 Å². The summed E-state index contributed by atoms with van der Waals surface area (Å²) in [4.78, 5) is 12.4. The number of imidazole rings is 1. The monoisotopic (exact) mass is 377 g/mol. The molecule has 0 spiro atoms. The van der Waals surface area contributed by atoms with Crippen LogP contribution in [0.4, 0.5) is 5.82 Å². The molecule has 1 fully saturated rings. The summed E-state index contributed by atoms with van der Waals surface area (Å²) in [5.41, 5.74) is 6.71. The quantitative estimate of drug-likeness (QED) is 0.462. The van der Waals surface area contributed by atoms with E-state index in [4.69, 9.17) is 10.5 Å². The lowest BCUT2D eigenvalue weighted by atomic mass is 10.2. The number of nitrogens with two attached hydrogens (primary N) is 1. The number of aliphatic hydroxyl groups excluding tert-OH is 2. The number of halogens is 1. The Hall–Kier alpha value is -1.04. The molecule has 3 unspecified atom stereocenters. The zero-order valence-corrected chi connectivity index (χ0v) is 12.1. The predicted octanol–water partition coefficient (Wildman–Crippen LogP) is -0.271. The second kappa shape index (κ2) is 4.51. The first-order valence-corrected chi connectivity index (χ1v) is 6.86. The van der Waals surface area contributed by atoms with E-state index in [1.807, 2.05) is 22.6 Å². The summed E-state index contributed by atoms with van der Waals surface area (Å²) in [6.45, 7) is 1.72. The van der Waals surface area contributed by atoms with Crippen molar-refractivity contribution in [3.05, 3.63) is 12.2 Å². The number of nitrogen functional groups attached to an aromatic ring is 1. The highest BCUT2D eigenvalue weighted by molar-refractivity contribution is 14.1. The third kappa shape index (κ3) is 1.96. The van der Waals surface area contributed by atoms with Gasteiger partial charge in [0.05, 0.1) is 6.33 Å². The number of fused-ring (bicyclic) bond motifs is 1. The number of aliphatic hydroxyl groups is 2. The highest BCUT2D eigenvalue weighted by Gasteiger charge is 2.43. The number of alkyl halides is 1. The maximum atomic E-state index is 9.99. The molecule has 3 heterocycles. The van der Waals surface area contributed by atoms with Crippen LogP contribution < -0.4 is 5.73 Å². The third-order valence-electron chi connectivity index (χ3n) is 3.01. The summed E-state index contributed by atoms with van der Waals surface area (Å²) in [6.07, 6.45) is -1.26. The lowest BCUT2D eigenvalue weighted by Gasteiger charge is -2.16. The highest BCUT2D eigenvalue weighted by Crippen LogP contribution is 2.34. The number of hydrogen-bond donors (Lipinski definition) is 3. The van der Waals surface area contributed by atoms with Crippen molar-refractivity contribution < 1.29 is 14.9 Å². The molecule has 0 amide bonds. The SMILES string of the molecule is Cc1nc(N)c2ncn(C3OC(I)C(O)[C@H]3O)c2n1. The van der Waals surface area contributed by atoms with E-state index in [2.05, 4.69) is 15.0 Å². The Balaban J connectivity index is 2.11. The minimum atomic E-state index is -1.05. The average molecular weight is 377 g/mol. The van der Waals surface area contributed by atoms with Crippen LogP contribution >= 0.6 is 22.6 Å². The van der Waals surface area contributed by atoms with E-state index in [-0.39, 0.29) is 5.82 Å². The fraction of sp³-hybridized carbons (Fsp3) is 0.500. The summed E-state index contributed by atoms with van der Waals surface area (Å²) in [5.74, 6) is 0.783. The van der Waals surface area contributed by atoms with Crippen LogP contribution in [0.2, 0.25) is 0 Å². The van der Waals surface area contributed by atoms with E-state index in [0.717, 1.165) is 0 Å². The number of aromatic nitrogens is 4. The molecule has 102 valence electrons. The van der Waals surface area contributed by atoms with Crippen LogP contribution in [-0.4, -0.2) is 46.1 Å². The molecule has 8 nitrogen and oxygen atoms in total. The Morgan fingerprint density at radius 1 is 1.37 bits per heavy atom. The molecule has 1 aliphatic rings. The number of ether oxygens (including phenoxy) is 1. The van der Waals surface area contributed by atoms with Crippen LogP contribution in [0, 0.1) is 6.92 Å². The number of nitrogens with zero attached hydrogens (tertiary/aromatic N) is 4. The Labute approximate surface area is 121 Å². The number of anilines is 1. The van der Waals surface area contributed by atoms with Gasteiger partial charge in [0.2, 0.25) is 0 Å². The van der Waals surface area contributed by atoms with Gasteiger partial charge in [-0.25, -0.2) is 15.0 Å². The maximum Gasteiger partial charge on any atom is 0.167 e. The zero-order chi connectivity index (χ0) is 13.7. The normalized spacial score (nSPS) is 31.2. The number of rotatable bonds is 1. The minimum absolute atomic E-state index is 0.278. The van der Waals surface area contributed by atoms with E-state index in [1.54, 1.807) is 11.5 Å². The minimum Gasteiger partial charge on any atom is -0.387 e. The van der Waals surface area contributed by atoms with Crippen molar-refractivity contribution in [2.24, 2.45) is 0 Å². The molecule has 2 aromatic rings. The third-order valence-corrected chi connectivity index (χ3v) is 4.04. The summed E-state index contributed by atoms with van der Waals surface area (Å²) in [6, 6.07) is 0. The molecule has 1 aliphatic heterocycles. The van der Waals surface area contributed by atoms with Crippen molar-refractivity contribution >= 4 is 39.6 Å². The van der Waals surface area contributed by atoms with Gasteiger partial charge in [-0.15, -0.1) is 0 Å². The molecule has 4 N–H and O–H groups in total.